The summed E-state index contributed by atoms with van der Waals surface area (Å²) >= 11 is 8.92. The van der Waals surface area contributed by atoms with E-state index in [4.69, 9.17) is 17.3 Å². The number of aryl methyl sites for hydroxylation is 1. The molecule has 0 amide bonds. The van der Waals surface area contributed by atoms with Gasteiger partial charge in [-0.05, 0) is 52.7 Å². The number of halogens is 3. The number of benzene rings is 1. The minimum absolute atomic E-state index is 0.321. The van der Waals surface area contributed by atoms with E-state index in [2.05, 4.69) is 26.2 Å². The van der Waals surface area contributed by atoms with Gasteiger partial charge in [-0.3, -0.25) is 0 Å². The molecule has 3 nitrogen and oxygen atoms in total. The predicted molar refractivity (Wildman–Crippen MR) is 75.8 cm³/mol. The summed E-state index contributed by atoms with van der Waals surface area (Å²) in [5.74, 6) is 0.0519. The molecule has 0 saturated heterocycles. The Bertz CT molecular complexity index is 604. The smallest absolute Gasteiger partial charge is 0.155 e. The van der Waals surface area contributed by atoms with Crippen LogP contribution in [0.25, 0.3) is 0 Å². The van der Waals surface area contributed by atoms with Gasteiger partial charge >= 0.3 is 0 Å². The lowest BCUT2D eigenvalue weighted by Gasteiger charge is -2.11. The summed E-state index contributed by atoms with van der Waals surface area (Å²) in [6, 6.07) is 6.29. The van der Waals surface area contributed by atoms with Crippen molar-refractivity contribution in [3.8, 4) is 0 Å². The molecule has 0 fully saturated rings. The molecule has 6 heteroatoms. The van der Waals surface area contributed by atoms with Crippen molar-refractivity contribution in [2.75, 3.05) is 11.1 Å². The van der Waals surface area contributed by atoms with Gasteiger partial charge < -0.3 is 11.1 Å². The summed E-state index contributed by atoms with van der Waals surface area (Å²) in [6.45, 7) is 1.85. The van der Waals surface area contributed by atoms with Gasteiger partial charge in [0.15, 0.2) is 5.82 Å². The van der Waals surface area contributed by atoms with Crippen molar-refractivity contribution in [2.45, 2.75) is 6.92 Å². The molecule has 18 heavy (non-hydrogen) atoms. The molecule has 1 aromatic heterocycles. The lowest BCUT2D eigenvalue weighted by atomic mass is 10.2. The zero-order chi connectivity index (χ0) is 13.3. The molecule has 2 aromatic rings. The van der Waals surface area contributed by atoms with Gasteiger partial charge in [0.1, 0.15) is 11.0 Å². The van der Waals surface area contributed by atoms with Crippen LogP contribution in [-0.4, -0.2) is 4.98 Å². The number of nitrogens with two attached hydrogens (primary N) is 1. The zero-order valence-corrected chi connectivity index (χ0v) is 11.8. The van der Waals surface area contributed by atoms with Crippen LogP contribution in [0.3, 0.4) is 0 Å². The van der Waals surface area contributed by atoms with Gasteiger partial charge in [0.2, 0.25) is 0 Å². The van der Waals surface area contributed by atoms with Crippen LogP contribution in [0.4, 0.5) is 21.6 Å². The summed E-state index contributed by atoms with van der Waals surface area (Å²) in [6.07, 6.45) is 0. The van der Waals surface area contributed by atoms with E-state index in [-0.39, 0.29) is 5.82 Å². The summed E-state index contributed by atoms with van der Waals surface area (Å²) < 4.78 is 13.9. The minimum atomic E-state index is -0.358. The molecule has 3 N–H and O–H groups in total. The van der Waals surface area contributed by atoms with Crippen molar-refractivity contribution < 1.29 is 4.39 Å². The van der Waals surface area contributed by atoms with Crippen molar-refractivity contribution in [2.24, 2.45) is 0 Å². The van der Waals surface area contributed by atoms with Crippen LogP contribution in [-0.2, 0) is 0 Å². The van der Waals surface area contributed by atoms with Crippen molar-refractivity contribution in [1.29, 1.82) is 0 Å². The highest BCUT2D eigenvalue weighted by molar-refractivity contribution is 9.10. The predicted octanol–water partition coefficient (Wildman–Crippen LogP) is 4.27. The summed E-state index contributed by atoms with van der Waals surface area (Å²) in [5.41, 5.74) is 7.67. The van der Waals surface area contributed by atoms with Crippen molar-refractivity contribution in [3.05, 3.63) is 45.3 Å². The molecule has 0 saturated carbocycles. The van der Waals surface area contributed by atoms with Crippen LogP contribution in [0.5, 0.6) is 0 Å². The van der Waals surface area contributed by atoms with Gasteiger partial charge in [-0.15, -0.1) is 0 Å². The van der Waals surface area contributed by atoms with E-state index in [1.165, 1.54) is 6.07 Å². The van der Waals surface area contributed by atoms with Crippen LogP contribution in [0.2, 0.25) is 5.15 Å². The number of hydrogen-bond donors (Lipinski definition) is 2. The number of anilines is 3. The largest absolute Gasteiger partial charge is 0.396 e. The average Bonchev–Trinajstić information content (AvgIpc) is 2.30. The SMILES string of the molecule is Cc1cc(Br)c(F)cc1Nc1nc(Cl)ccc1N. The number of nitrogens with zero attached hydrogens (tertiary/aromatic N) is 1. The number of hydrogen-bond acceptors (Lipinski definition) is 3. The lowest BCUT2D eigenvalue weighted by Crippen LogP contribution is -2.01. The average molecular weight is 331 g/mol. The van der Waals surface area contributed by atoms with Gasteiger partial charge in [0.05, 0.1) is 10.2 Å². The van der Waals surface area contributed by atoms with Crippen molar-refractivity contribution in [1.82, 2.24) is 4.98 Å². The summed E-state index contributed by atoms with van der Waals surface area (Å²) in [5, 5.41) is 3.29. The van der Waals surface area contributed by atoms with E-state index in [0.29, 0.717) is 26.8 Å². The highest BCUT2D eigenvalue weighted by atomic mass is 79.9. The maximum atomic E-state index is 13.5. The first kappa shape index (κ1) is 13.1. The van der Waals surface area contributed by atoms with E-state index in [1.807, 2.05) is 6.92 Å². The molecule has 0 bridgehead atoms. The Morgan fingerprint density at radius 3 is 2.83 bits per heavy atom. The molecule has 0 radical (unpaired) electrons. The Labute approximate surface area is 117 Å². The quantitative estimate of drug-likeness (QED) is 0.808. The molecule has 1 aromatic carbocycles. The van der Waals surface area contributed by atoms with E-state index in [0.717, 1.165) is 5.56 Å². The number of nitrogen functional groups attached to an aromatic ring is 1. The van der Waals surface area contributed by atoms with Gasteiger partial charge in [-0.25, -0.2) is 9.37 Å². The van der Waals surface area contributed by atoms with E-state index < -0.39 is 0 Å². The van der Waals surface area contributed by atoms with Gasteiger partial charge in [-0.2, -0.15) is 0 Å². The summed E-state index contributed by atoms with van der Waals surface area (Å²) in [4.78, 5) is 4.06. The van der Waals surface area contributed by atoms with Gasteiger partial charge in [0.25, 0.3) is 0 Å². The summed E-state index contributed by atoms with van der Waals surface area (Å²) in [7, 11) is 0. The number of pyridine rings is 1. The minimum Gasteiger partial charge on any atom is -0.396 e. The molecule has 0 unspecified atom stereocenters. The fourth-order valence-electron chi connectivity index (χ4n) is 1.45. The molecule has 0 atom stereocenters. The monoisotopic (exact) mass is 329 g/mol. The Morgan fingerprint density at radius 2 is 2.11 bits per heavy atom. The Kier molecular flexibility index (Phi) is 3.73. The molecular formula is C12H10BrClFN3. The second-order valence-electron chi connectivity index (χ2n) is 3.78. The maximum Gasteiger partial charge on any atom is 0.155 e. The Balaban J connectivity index is 2.40. The maximum absolute atomic E-state index is 13.5. The third-order valence-corrected chi connectivity index (χ3v) is 3.23. The first-order valence-corrected chi connectivity index (χ1v) is 6.29. The first-order chi connectivity index (χ1) is 8.47. The molecule has 94 valence electrons. The number of rotatable bonds is 2. The standard InChI is InChI=1S/C12H10BrClFN3/c1-6-4-7(13)8(15)5-10(6)17-12-9(16)2-3-11(14)18-12/h2-5H,16H2,1H3,(H,17,18). The van der Waals surface area contributed by atoms with Crippen LogP contribution in [0, 0.1) is 12.7 Å². The third-order valence-electron chi connectivity index (χ3n) is 2.41. The van der Waals surface area contributed by atoms with Crippen LogP contribution >= 0.6 is 27.5 Å². The van der Waals surface area contributed by atoms with Gasteiger partial charge in [0, 0.05) is 5.69 Å². The zero-order valence-electron chi connectivity index (χ0n) is 9.47. The first-order valence-electron chi connectivity index (χ1n) is 5.12. The highest BCUT2D eigenvalue weighted by Gasteiger charge is 2.08. The second-order valence-corrected chi connectivity index (χ2v) is 5.02. The van der Waals surface area contributed by atoms with Crippen molar-refractivity contribution in [3.63, 3.8) is 0 Å². The molecule has 0 aliphatic carbocycles. The fourth-order valence-corrected chi connectivity index (χ4v) is 2.06. The lowest BCUT2D eigenvalue weighted by molar-refractivity contribution is 0.621. The Morgan fingerprint density at radius 1 is 1.39 bits per heavy atom. The van der Waals surface area contributed by atoms with Crippen LogP contribution in [0.15, 0.2) is 28.7 Å². The van der Waals surface area contributed by atoms with E-state index >= 15 is 0 Å². The van der Waals surface area contributed by atoms with E-state index in [9.17, 15) is 4.39 Å². The van der Waals surface area contributed by atoms with E-state index in [1.54, 1.807) is 18.2 Å². The van der Waals surface area contributed by atoms with Crippen molar-refractivity contribution >= 4 is 44.7 Å². The highest BCUT2D eigenvalue weighted by Crippen LogP contribution is 2.28. The fraction of sp³-hybridized carbons (Fsp3) is 0.0833. The number of nitrogens with one attached hydrogen (secondary N) is 1. The van der Waals surface area contributed by atoms with Crippen LogP contribution in [0.1, 0.15) is 5.56 Å². The molecule has 0 aliphatic rings. The molecular weight excluding hydrogens is 321 g/mol. The molecule has 0 spiro atoms. The topological polar surface area (TPSA) is 50.9 Å². The molecule has 1 heterocycles. The normalized spacial score (nSPS) is 10.4. The third kappa shape index (κ3) is 2.73. The molecule has 2 rings (SSSR count). The van der Waals surface area contributed by atoms with Crippen LogP contribution < -0.4 is 11.1 Å². The Hall–Kier alpha value is -1.33. The molecule has 0 aliphatic heterocycles. The second kappa shape index (κ2) is 5.12. The number of aromatic nitrogens is 1. The van der Waals surface area contributed by atoms with Gasteiger partial charge in [-0.1, -0.05) is 11.6 Å².